The first-order valence-corrected chi connectivity index (χ1v) is 6.08. The summed E-state index contributed by atoms with van der Waals surface area (Å²) in [6, 6.07) is 4.22. The molecule has 4 nitrogen and oxygen atoms in total. The Kier molecular flexibility index (Phi) is 3.43. The third-order valence-electron chi connectivity index (χ3n) is 3.03. The zero-order valence-electron chi connectivity index (χ0n) is 10.9. The predicted molar refractivity (Wildman–Crippen MR) is 69.8 cm³/mol. The van der Waals surface area contributed by atoms with E-state index in [4.69, 9.17) is 0 Å². The van der Waals surface area contributed by atoms with Crippen LogP contribution < -0.4 is 5.32 Å². The van der Waals surface area contributed by atoms with Crippen molar-refractivity contribution in [3.63, 3.8) is 0 Å². The van der Waals surface area contributed by atoms with E-state index >= 15 is 0 Å². The third kappa shape index (κ3) is 2.31. The van der Waals surface area contributed by atoms with Crippen molar-refractivity contribution < 1.29 is 0 Å². The van der Waals surface area contributed by atoms with Crippen LogP contribution in [0.15, 0.2) is 18.3 Å². The Bertz CT molecular complexity index is 501. The van der Waals surface area contributed by atoms with Crippen LogP contribution in [-0.4, -0.2) is 21.6 Å². The Morgan fingerprint density at radius 3 is 2.76 bits per heavy atom. The topological polar surface area (TPSA) is 42.7 Å². The summed E-state index contributed by atoms with van der Waals surface area (Å²) in [4.78, 5) is 9.04. The van der Waals surface area contributed by atoms with Crippen molar-refractivity contribution in [3.8, 4) is 0 Å². The summed E-state index contributed by atoms with van der Waals surface area (Å²) in [6.07, 6.45) is 2.89. The fourth-order valence-corrected chi connectivity index (χ4v) is 2.18. The van der Waals surface area contributed by atoms with E-state index in [-0.39, 0.29) is 6.04 Å². The van der Waals surface area contributed by atoms with Gasteiger partial charge in [0.15, 0.2) is 5.65 Å². The molecule has 2 heterocycles. The second kappa shape index (κ2) is 4.84. The van der Waals surface area contributed by atoms with Gasteiger partial charge in [-0.2, -0.15) is 0 Å². The van der Waals surface area contributed by atoms with Crippen LogP contribution in [0.4, 0.5) is 0 Å². The van der Waals surface area contributed by atoms with Crippen molar-refractivity contribution in [2.45, 2.75) is 26.3 Å². The second-order valence-electron chi connectivity index (χ2n) is 4.85. The molecule has 0 bridgehead atoms. The Labute approximate surface area is 102 Å². The van der Waals surface area contributed by atoms with Crippen molar-refractivity contribution in [2.24, 2.45) is 13.0 Å². The molecular formula is C13H20N4. The van der Waals surface area contributed by atoms with E-state index < -0.39 is 0 Å². The van der Waals surface area contributed by atoms with Gasteiger partial charge in [0.25, 0.3) is 0 Å². The number of nitrogens with one attached hydrogen (secondary N) is 1. The number of hydrogen-bond acceptors (Lipinski definition) is 3. The zero-order chi connectivity index (χ0) is 12.4. The molecule has 1 N–H and O–H groups in total. The van der Waals surface area contributed by atoms with Crippen molar-refractivity contribution in [3.05, 3.63) is 24.2 Å². The Morgan fingerprint density at radius 2 is 2.18 bits per heavy atom. The van der Waals surface area contributed by atoms with Gasteiger partial charge >= 0.3 is 0 Å². The summed E-state index contributed by atoms with van der Waals surface area (Å²) in [5.74, 6) is 1.70. The largest absolute Gasteiger partial charge is 0.315 e. The van der Waals surface area contributed by atoms with Gasteiger partial charge in [-0.05, 0) is 31.5 Å². The lowest BCUT2D eigenvalue weighted by molar-refractivity contribution is 0.432. The minimum atomic E-state index is 0.286. The zero-order valence-corrected chi connectivity index (χ0v) is 10.9. The summed E-state index contributed by atoms with van der Waals surface area (Å²) in [5, 5.41) is 3.34. The number of nitrogens with zero attached hydrogens (tertiary/aromatic N) is 3. The summed E-state index contributed by atoms with van der Waals surface area (Å²) < 4.78 is 2.08. The number of aromatic nitrogens is 3. The van der Waals surface area contributed by atoms with E-state index in [2.05, 4.69) is 33.7 Å². The van der Waals surface area contributed by atoms with Crippen LogP contribution in [-0.2, 0) is 7.05 Å². The van der Waals surface area contributed by atoms with Gasteiger partial charge in [0.2, 0.25) is 0 Å². The molecular weight excluding hydrogens is 212 g/mol. The molecule has 0 amide bonds. The lowest BCUT2D eigenvalue weighted by atomic mass is 10.0. The van der Waals surface area contributed by atoms with Crippen LogP contribution >= 0.6 is 0 Å². The van der Waals surface area contributed by atoms with E-state index in [9.17, 15) is 0 Å². The molecule has 2 rings (SSSR count). The SMILES string of the molecule is CNC(CC(C)C)c1nc2cccnc2n1C. The number of imidazole rings is 1. The summed E-state index contributed by atoms with van der Waals surface area (Å²) in [6.45, 7) is 4.45. The molecule has 0 spiro atoms. The first kappa shape index (κ1) is 12.0. The molecule has 4 heteroatoms. The molecule has 0 aliphatic heterocycles. The molecule has 0 fully saturated rings. The van der Waals surface area contributed by atoms with Gasteiger partial charge in [-0.1, -0.05) is 13.8 Å². The lowest BCUT2D eigenvalue weighted by Crippen LogP contribution is -2.21. The van der Waals surface area contributed by atoms with Crippen LogP contribution in [0, 0.1) is 5.92 Å². The summed E-state index contributed by atoms with van der Waals surface area (Å²) in [5.41, 5.74) is 1.92. The standard InChI is InChI=1S/C13H20N4/c1-9(2)8-11(14-3)13-16-10-6-5-7-15-12(10)17(13)4/h5-7,9,11,14H,8H2,1-4H3. The Hall–Kier alpha value is -1.42. The van der Waals surface area contributed by atoms with Crippen LogP contribution in [0.2, 0.25) is 0 Å². The van der Waals surface area contributed by atoms with Crippen molar-refractivity contribution in [1.29, 1.82) is 0 Å². The number of rotatable bonds is 4. The highest BCUT2D eigenvalue weighted by Gasteiger charge is 2.18. The maximum absolute atomic E-state index is 4.67. The van der Waals surface area contributed by atoms with Gasteiger partial charge in [-0.3, -0.25) is 0 Å². The van der Waals surface area contributed by atoms with Crippen molar-refractivity contribution in [2.75, 3.05) is 7.05 Å². The highest BCUT2D eigenvalue weighted by atomic mass is 15.1. The van der Waals surface area contributed by atoms with Crippen LogP contribution in [0.1, 0.15) is 32.1 Å². The van der Waals surface area contributed by atoms with Crippen molar-refractivity contribution >= 4 is 11.2 Å². The summed E-state index contributed by atoms with van der Waals surface area (Å²) >= 11 is 0. The van der Waals surface area contributed by atoms with Gasteiger partial charge in [-0.25, -0.2) is 9.97 Å². The number of pyridine rings is 1. The van der Waals surface area contributed by atoms with E-state index in [1.807, 2.05) is 32.4 Å². The molecule has 2 aromatic heterocycles. The van der Waals surface area contributed by atoms with Crippen LogP contribution in [0.5, 0.6) is 0 Å². The molecule has 0 aliphatic carbocycles. The molecule has 0 aromatic carbocycles. The van der Waals surface area contributed by atoms with Crippen LogP contribution in [0.25, 0.3) is 11.2 Å². The van der Waals surface area contributed by atoms with Gasteiger partial charge in [0.05, 0.1) is 6.04 Å². The number of aryl methyl sites for hydroxylation is 1. The highest BCUT2D eigenvalue weighted by Crippen LogP contribution is 2.22. The minimum Gasteiger partial charge on any atom is -0.315 e. The molecule has 17 heavy (non-hydrogen) atoms. The average Bonchev–Trinajstić information content (AvgIpc) is 2.64. The maximum atomic E-state index is 4.67. The van der Waals surface area contributed by atoms with E-state index in [0.29, 0.717) is 5.92 Å². The van der Waals surface area contributed by atoms with Crippen molar-refractivity contribution in [1.82, 2.24) is 19.9 Å². The average molecular weight is 232 g/mol. The molecule has 92 valence electrons. The molecule has 0 aliphatic rings. The molecule has 0 saturated carbocycles. The molecule has 1 atom stereocenters. The molecule has 1 unspecified atom stereocenters. The maximum Gasteiger partial charge on any atom is 0.159 e. The summed E-state index contributed by atoms with van der Waals surface area (Å²) in [7, 11) is 4.02. The smallest absolute Gasteiger partial charge is 0.159 e. The van der Waals surface area contributed by atoms with Gasteiger partial charge < -0.3 is 9.88 Å². The van der Waals surface area contributed by atoms with E-state index in [1.165, 1.54) is 0 Å². The Morgan fingerprint density at radius 1 is 1.41 bits per heavy atom. The van der Waals surface area contributed by atoms with Gasteiger partial charge in [-0.15, -0.1) is 0 Å². The fraction of sp³-hybridized carbons (Fsp3) is 0.538. The second-order valence-corrected chi connectivity index (χ2v) is 4.85. The monoisotopic (exact) mass is 232 g/mol. The predicted octanol–water partition coefficient (Wildman–Crippen LogP) is 2.27. The normalized spacial score (nSPS) is 13.5. The highest BCUT2D eigenvalue weighted by molar-refractivity contribution is 5.71. The van der Waals surface area contributed by atoms with Gasteiger partial charge in [0.1, 0.15) is 11.3 Å². The van der Waals surface area contributed by atoms with E-state index in [1.54, 1.807) is 0 Å². The quantitative estimate of drug-likeness (QED) is 0.879. The van der Waals surface area contributed by atoms with E-state index in [0.717, 1.165) is 23.4 Å². The fourth-order valence-electron chi connectivity index (χ4n) is 2.18. The molecule has 2 aromatic rings. The number of hydrogen-bond donors (Lipinski definition) is 1. The lowest BCUT2D eigenvalue weighted by Gasteiger charge is -2.17. The van der Waals surface area contributed by atoms with Crippen LogP contribution in [0.3, 0.4) is 0 Å². The molecule has 0 radical (unpaired) electrons. The third-order valence-corrected chi connectivity index (χ3v) is 3.03. The Balaban J connectivity index is 2.43. The number of fused-ring (bicyclic) bond motifs is 1. The first-order valence-electron chi connectivity index (χ1n) is 6.08. The minimum absolute atomic E-state index is 0.286. The van der Waals surface area contributed by atoms with Gasteiger partial charge in [0, 0.05) is 13.2 Å². The molecule has 0 saturated heterocycles. The first-order chi connectivity index (χ1) is 8.13.